The van der Waals surface area contributed by atoms with E-state index in [1.165, 1.54) is 11.4 Å². The maximum atomic E-state index is 12.2. The van der Waals surface area contributed by atoms with Crippen LogP contribution in [0.15, 0.2) is 18.3 Å². The molecular weight excluding hydrogens is 306 g/mol. The highest BCUT2D eigenvalue weighted by molar-refractivity contribution is 7.93. The fourth-order valence-electron chi connectivity index (χ4n) is 2.76. The number of benzene rings is 1. The van der Waals surface area contributed by atoms with E-state index in [9.17, 15) is 13.2 Å². The van der Waals surface area contributed by atoms with Gasteiger partial charge in [-0.2, -0.15) is 5.10 Å². The van der Waals surface area contributed by atoms with Gasteiger partial charge < -0.3 is 4.74 Å². The predicted molar refractivity (Wildman–Crippen MR) is 82.5 cm³/mol. The van der Waals surface area contributed by atoms with Crippen LogP contribution in [0.1, 0.15) is 23.7 Å². The van der Waals surface area contributed by atoms with Crippen LogP contribution in [-0.4, -0.2) is 43.6 Å². The fourth-order valence-corrected chi connectivity index (χ4v) is 4.33. The van der Waals surface area contributed by atoms with E-state index in [1.54, 1.807) is 23.0 Å². The highest BCUT2D eigenvalue weighted by atomic mass is 32.2. The summed E-state index contributed by atoms with van der Waals surface area (Å²) in [5.41, 5.74) is 1.54. The molecule has 1 aromatic carbocycles. The Morgan fingerprint density at radius 3 is 2.77 bits per heavy atom. The van der Waals surface area contributed by atoms with Crippen molar-refractivity contribution in [1.29, 1.82) is 0 Å². The van der Waals surface area contributed by atoms with Crippen molar-refractivity contribution in [2.45, 2.75) is 19.9 Å². The van der Waals surface area contributed by atoms with E-state index in [4.69, 9.17) is 4.74 Å². The molecule has 0 bridgehead atoms. The first-order chi connectivity index (χ1) is 10.5. The molecule has 0 saturated carbocycles. The smallest absolute Gasteiger partial charge is 0.338 e. The molecule has 0 atom stereocenters. The third kappa shape index (κ3) is 2.23. The van der Waals surface area contributed by atoms with E-state index in [2.05, 4.69) is 5.10 Å². The van der Waals surface area contributed by atoms with Crippen molar-refractivity contribution in [2.75, 3.05) is 23.7 Å². The average molecular weight is 323 g/mol. The number of fused-ring (bicyclic) bond motifs is 1. The summed E-state index contributed by atoms with van der Waals surface area (Å²) in [6, 6.07) is 3.25. The molecular formula is C14H17N3O4S. The molecule has 0 amide bonds. The van der Waals surface area contributed by atoms with Crippen LogP contribution < -0.4 is 4.31 Å². The van der Waals surface area contributed by atoms with Crippen LogP contribution >= 0.6 is 0 Å². The van der Waals surface area contributed by atoms with E-state index in [0.717, 1.165) is 10.9 Å². The summed E-state index contributed by atoms with van der Waals surface area (Å²) >= 11 is 0. The standard InChI is InChI=1S/C14H17N3O4S/c1-3-16-12-7-10(14(18)21-2)8-13(11(12)9-15-16)17-5-4-6-22(17,19)20/h7-9H,3-6H2,1-2H3. The van der Waals surface area contributed by atoms with E-state index in [-0.39, 0.29) is 5.75 Å². The summed E-state index contributed by atoms with van der Waals surface area (Å²) in [4.78, 5) is 11.9. The number of hydrogen-bond acceptors (Lipinski definition) is 5. The van der Waals surface area contributed by atoms with Crippen molar-refractivity contribution < 1.29 is 17.9 Å². The Labute approximate surface area is 128 Å². The number of hydrogen-bond donors (Lipinski definition) is 0. The van der Waals surface area contributed by atoms with E-state index in [1.807, 2.05) is 6.92 Å². The van der Waals surface area contributed by atoms with Gasteiger partial charge in [0.15, 0.2) is 0 Å². The van der Waals surface area contributed by atoms with Crippen LogP contribution in [0.3, 0.4) is 0 Å². The largest absolute Gasteiger partial charge is 0.465 e. The number of nitrogens with zero attached hydrogens (tertiary/aromatic N) is 3. The molecule has 1 fully saturated rings. The zero-order chi connectivity index (χ0) is 15.9. The monoisotopic (exact) mass is 323 g/mol. The topological polar surface area (TPSA) is 81.5 Å². The quantitative estimate of drug-likeness (QED) is 0.797. The molecule has 1 aliphatic heterocycles. The molecule has 2 aromatic rings. The molecule has 1 saturated heterocycles. The summed E-state index contributed by atoms with van der Waals surface area (Å²) < 4.78 is 32.3. The zero-order valence-electron chi connectivity index (χ0n) is 12.4. The Balaban J connectivity index is 2.28. The lowest BCUT2D eigenvalue weighted by molar-refractivity contribution is 0.0601. The number of sulfonamides is 1. The van der Waals surface area contributed by atoms with Gasteiger partial charge in [0.05, 0.1) is 35.8 Å². The molecule has 0 N–H and O–H groups in total. The molecule has 8 heteroatoms. The molecule has 1 aromatic heterocycles. The number of esters is 1. The van der Waals surface area contributed by atoms with Gasteiger partial charge in [0.1, 0.15) is 0 Å². The van der Waals surface area contributed by atoms with Gasteiger partial charge in [0, 0.05) is 18.5 Å². The number of rotatable bonds is 3. The highest BCUT2D eigenvalue weighted by Crippen LogP contribution is 2.33. The predicted octanol–water partition coefficient (Wildman–Crippen LogP) is 1.38. The SMILES string of the molecule is CCn1ncc2c(N3CCCS3(=O)=O)cc(C(=O)OC)cc21. The average Bonchev–Trinajstić information content (AvgIpc) is 3.07. The lowest BCUT2D eigenvalue weighted by Gasteiger charge is -2.18. The number of carbonyl (C=O) groups is 1. The van der Waals surface area contributed by atoms with Crippen LogP contribution in [0.2, 0.25) is 0 Å². The van der Waals surface area contributed by atoms with Crippen molar-refractivity contribution in [2.24, 2.45) is 0 Å². The Hall–Kier alpha value is -2.09. The zero-order valence-corrected chi connectivity index (χ0v) is 13.3. The first-order valence-electron chi connectivity index (χ1n) is 7.06. The lowest BCUT2D eigenvalue weighted by Crippen LogP contribution is -2.25. The van der Waals surface area contributed by atoms with Crippen molar-refractivity contribution in [1.82, 2.24) is 9.78 Å². The summed E-state index contributed by atoms with van der Waals surface area (Å²) in [5.74, 6) is -0.373. The van der Waals surface area contributed by atoms with Gasteiger partial charge in [0.2, 0.25) is 10.0 Å². The molecule has 118 valence electrons. The van der Waals surface area contributed by atoms with E-state index < -0.39 is 16.0 Å². The second kappa shape index (κ2) is 5.28. The molecule has 22 heavy (non-hydrogen) atoms. The van der Waals surface area contributed by atoms with E-state index >= 15 is 0 Å². The molecule has 7 nitrogen and oxygen atoms in total. The van der Waals surface area contributed by atoms with Gasteiger partial charge in [-0.3, -0.25) is 8.99 Å². The van der Waals surface area contributed by atoms with Gasteiger partial charge in [-0.05, 0) is 25.5 Å². The first-order valence-corrected chi connectivity index (χ1v) is 8.67. The highest BCUT2D eigenvalue weighted by Gasteiger charge is 2.31. The number of aryl methyl sites for hydroxylation is 1. The van der Waals surface area contributed by atoms with E-state index in [0.29, 0.717) is 30.8 Å². The number of methoxy groups -OCH3 is 1. The van der Waals surface area contributed by atoms with Gasteiger partial charge >= 0.3 is 5.97 Å². The number of carbonyl (C=O) groups excluding carboxylic acids is 1. The minimum Gasteiger partial charge on any atom is -0.465 e. The van der Waals surface area contributed by atoms with Crippen LogP contribution in [0.4, 0.5) is 5.69 Å². The fraction of sp³-hybridized carbons (Fsp3) is 0.429. The van der Waals surface area contributed by atoms with Crippen molar-refractivity contribution in [3.63, 3.8) is 0 Å². The van der Waals surface area contributed by atoms with Crippen molar-refractivity contribution in [3.05, 3.63) is 23.9 Å². The van der Waals surface area contributed by atoms with Crippen LogP contribution in [-0.2, 0) is 21.3 Å². The Morgan fingerprint density at radius 2 is 2.18 bits per heavy atom. The normalized spacial score (nSPS) is 17.1. The molecule has 0 aliphatic carbocycles. The number of ether oxygens (including phenoxy) is 1. The Morgan fingerprint density at radius 1 is 1.41 bits per heavy atom. The van der Waals surface area contributed by atoms with Crippen molar-refractivity contribution in [3.8, 4) is 0 Å². The molecule has 2 heterocycles. The van der Waals surface area contributed by atoms with Gasteiger partial charge in [-0.1, -0.05) is 0 Å². The summed E-state index contributed by atoms with van der Waals surface area (Å²) in [7, 11) is -2.03. The van der Waals surface area contributed by atoms with Crippen LogP contribution in [0, 0.1) is 0 Å². The van der Waals surface area contributed by atoms with Gasteiger partial charge in [-0.15, -0.1) is 0 Å². The third-order valence-electron chi connectivity index (χ3n) is 3.83. The number of anilines is 1. The van der Waals surface area contributed by atoms with Gasteiger partial charge in [-0.25, -0.2) is 13.2 Å². The molecule has 0 radical (unpaired) electrons. The second-order valence-electron chi connectivity index (χ2n) is 5.12. The molecule has 3 rings (SSSR count). The van der Waals surface area contributed by atoms with Crippen molar-refractivity contribution >= 4 is 32.6 Å². The minimum absolute atomic E-state index is 0.124. The number of aromatic nitrogens is 2. The van der Waals surface area contributed by atoms with Crippen LogP contribution in [0.5, 0.6) is 0 Å². The molecule has 0 spiro atoms. The maximum Gasteiger partial charge on any atom is 0.338 e. The minimum atomic E-state index is -3.33. The Bertz CT molecular complexity index is 841. The second-order valence-corrected chi connectivity index (χ2v) is 7.13. The van der Waals surface area contributed by atoms with Crippen LogP contribution in [0.25, 0.3) is 10.9 Å². The van der Waals surface area contributed by atoms with Gasteiger partial charge in [0.25, 0.3) is 0 Å². The molecule has 0 unspecified atom stereocenters. The summed E-state index contributed by atoms with van der Waals surface area (Å²) in [6.45, 7) is 2.98. The summed E-state index contributed by atoms with van der Waals surface area (Å²) in [5, 5.41) is 4.99. The first kappa shape index (κ1) is 14.8. The lowest BCUT2D eigenvalue weighted by atomic mass is 10.1. The maximum absolute atomic E-state index is 12.2. The Kier molecular flexibility index (Phi) is 3.56. The molecule has 1 aliphatic rings. The summed E-state index contributed by atoms with van der Waals surface area (Å²) in [6.07, 6.45) is 2.22. The third-order valence-corrected chi connectivity index (χ3v) is 5.68.